The van der Waals surface area contributed by atoms with Crippen molar-refractivity contribution in [2.24, 2.45) is 0 Å². The number of nitrogens with zero attached hydrogens (tertiary/aromatic N) is 5. The number of rotatable bonds is 3. The van der Waals surface area contributed by atoms with E-state index in [1.54, 1.807) is 23.1 Å². The van der Waals surface area contributed by atoms with E-state index in [0.717, 1.165) is 17.3 Å². The van der Waals surface area contributed by atoms with Crippen molar-refractivity contribution >= 4 is 23.3 Å². The molecule has 0 spiro atoms. The van der Waals surface area contributed by atoms with Gasteiger partial charge in [-0.25, -0.2) is 4.98 Å². The molecule has 4 rings (SSSR count). The zero-order valence-electron chi connectivity index (χ0n) is 17.2. The number of carbonyl (C=O) groups excluding carboxylic acids is 2. The van der Waals surface area contributed by atoms with Gasteiger partial charge in [-0.05, 0) is 24.3 Å². The number of pyridine rings is 1. The van der Waals surface area contributed by atoms with E-state index in [1.807, 2.05) is 42.5 Å². The lowest BCUT2D eigenvalue weighted by Gasteiger charge is -2.38. The van der Waals surface area contributed by atoms with E-state index in [-0.39, 0.29) is 0 Å². The maximum absolute atomic E-state index is 12.8. The smallest absolute Gasteiger partial charge is 0.312 e. The summed E-state index contributed by atoms with van der Waals surface area (Å²) in [7, 11) is 1.66. The van der Waals surface area contributed by atoms with E-state index in [1.165, 1.54) is 0 Å². The maximum Gasteiger partial charge on any atom is 0.312 e. The van der Waals surface area contributed by atoms with E-state index >= 15 is 0 Å². The molecule has 0 saturated carbocycles. The van der Waals surface area contributed by atoms with Crippen LogP contribution in [0.3, 0.4) is 0 Å². The van der Waals surface area contributed by atoms with Gasteiger partial charge < -0.3 is 24.3 Å². The highest BCUT2D eigenvalue weighted by molar-refractivity contribution is 6.35. The first-order valence-electron chi connectivity index (χ1n) is 10.3. The SMILES string of the molecule is COc1ccccc1N1CCN(C(=O)C(=O)N2CCN(c3ccccn3)CC2)CC1. The van der Waals surface area contributed by atoms with Crippen LogP contribution in [-0.2, 0) is 9.59 Å². The second-order valence-corrected chi connectivity index (χ2v) is 7.42. The van der Waals surface area contributed by atoms with Gasteiger partial charge in [-0.15, -0.1) is 0 Å². The van der Waals surface area contributed by atoms with Crippen LogP contribution in [0.4, 0.5) is 11.5 Å². The molecule has 0 radical (unpaired) electrons. The van der Waals surface area contributed by atoms with Gasteiger partial charge in [-0.1, -0.05) is 18.2 Å². The van der Waals surface area contributed by atoms with Crippen molar-refractivity contribution in [3.63, 3.8) is 0 Å². The van der Waals surface area contributed by atoms with Crippen LogP contribution < -0.4 is 14.5 Å². The van der Waals surface area contributed by atoms with Gasteiger partial charge in [-0.3, -0.25) is 9.59 Å². The molecule has 2 amide bonds. The van der Waals surface area contributed by atoms with Crippen LogP contribution >= 0.6 is 0 Å². The number of anilines is 2. The predicted molar refractivity (Wildman–Crippen MR) is 115 cm³/mol. The summed E-state index contributed by atoms with van der Waals surface area (Å²) in [6, 6.07) is 13.7. The highest BCUT2D eigenvalue weighted by Crippen LogP contribution is 2.28. The number of methoxy groups -OCH3 is 1. The minimum Gasteiger partial charge on any atom is -0.495 e. The monoisotopic (exact) mass is 409 g/mol. The molecule has 0 aliphatic carbocycles. The molecule has 0 unspecified atom stereocenters. The number of hydrogen-bond donors (Lipinski definition) is 0. The normalized spacial score (nSPS) is 17.1. The molecule has 2 aliphatic heterocycles. The molecular weight excluding hydrogens is 382 g/mol. The van der Waals surface area contributed by atoms with Crippen molar-refractivity contribution in [2.75, 3.05) is 69.3 Å². The van der Waals surface area contributed by atoms with Gasteiger partial charge in [-0.2, -0.15) is 0 Å². The number of carbonyl (C=O) groups is 2. The fourth-order valence-electron chi connectivity index (χ4n) is 3.99. The molecule has 2 saturated heterocycles. The Hall–Kier alpha value is -3.29. The average molecular weight is 409 g/mol. The van der Waals surface area contributed by atoms with Gasteiger partial charge in [0.25, 0.3) is 0 Å². The number of aromatic nitrogens is 1. The van der Waals surface area contributed by atoms with Gasteiger partial charge >= 0.3 is 11.8 Å². The van der Waals surface area contributed by atoms with Gasteiger partial charge in [0.2, 0.25) is 0 Å². The Labute approximate surface area is 176 Å². The van der Waals surface area contributed by atoms with Crippen LogP contribution in [0, 0.1) is 0 Å². The zero-order valence-corrected chi connectivity index (χ0v) is 17.2. The Balaban J connectivity index is 1.30. The summed E-state index contributed by atoms with van der Waals surface area (Å²) >= 11 is 0. The third-order valence-corrected chi connectivity index (χ3v) is 5.72. The molecule has 2 aromatic rings. The molecule has 158 valence electrons. The Morgan fingerprint density at radius 3 is 1.90 bits per heavy atom. The van der Waals surface area contributed by atoms with E-state index in [4.69, 9.17) is 4.74 Å². The van der Waals surface area contributed by atoms with Crippen LogP contribution in [0.15, 0.2) is 48.7 Å². The summed E-state index contributed by atoms with van der Waals surface area (Å²) in [6.07, 6.45) is 1.76. The lowest BCUT2D eigenvalue weighted by molar-refractivity contribution is -0.152. The molecule has 2 aliphatic rings. The fourth-order valence-corrected chi connectivity index (χ4v) is 3.99. The predicted octanol–water partition coefficient (Wildman–Crippen LogP) is 1.09. The van der Waals surface area contributed by atoms with Gasteiger partial charge in [0.1, 0.15) is 11.6 Å². The van der Waals surface area contributed by atoms with Crippen molar-refractivity contribution < 1.29 is 14.3 Å². The molecule has 8 nitrogen and oxygen atoms in total. The molecule has 1 aromatic heterocycles. The number of ether oxygens (including phenoxy) is 1. The Kier molecular flexibility index (Phi) is 6.02. The number of amides is 2. The first-order valence-corrected chi connectivity index (χ1v) is 10.3. The summed E-state index contributed by atoms with van der Waals surface area (Å²) in [6.45, 7) is 4.81. The van der Waals surface area contributed by atoms with Crippen LogP contribution in [0.25, 0.3) is 0 Å². The van der Waals surface area contributed by atoms with Gasteiger partial charge in [0.05, 0.1) is 12.8 Å². The molecule has 30 heavy (non-hydrogen) atoms. The lowest BCUT2D eigenvalue weighted by Crippen LogP contribution is -2.56. The second kappa shape index (κ2) is 9.02. The van der Waals surface area contributed by atoms with E-state index in [2.05, 4.69) is 14.8 Å². The average Bonchev–Trinajstić information content (AvgIpc) is 2.84. The number of hydrogen-bond acceptors (Lipinski definition) is 6. The van der Waals surface area contributed by atoms with Gasteiger partial charge in [0, 0.05) is 58.6 Å². The quantitative estimate of drug-likeness (QED) is 0.707. The zero-order chi connectivity index (χ0) is 20.9. The van der Waals surface area contributed by atoms with Crippen LogP contribution in [0.1, 0.15) is 0 Å². The summed E-state index contributed by atoms with van der Waals surface area (Å²) in [5.74, 6) is 0.921. The Morgan fingerprint density at radius 2 is 1.33 bits per heavy atom. The van der Waals surface area contributed by atoms with Crippen molar-refractivity contribution in [3.05, 3.63) is 48.7 Å². The molecule has 1 aromatic carbocycles. The summed E-state index contributed by atoms with van der Waals surface area (Å²) in [5.41, 5.74) is 1.02. The minimum absolute atomic E-state index is 0.401. The fraction of sp³-hybridized carbons (Fsp3) is 0.409. The molecule has 0 atom stereocenters. The standard InChI is InChI=1S/C22H27N5O3/c1-30-19-7-3-2-6-18(19)24-10-14-26(15-11-24)21(28)22(29)27-16-12-25(13-17-27)20-8-4-5-9-23-20/h2-9H,10-17H2,1H3. The van der Waals surface area contributed by atoms with E-state index < -0.39 is 11.8 Å². The van der Waals surface area contributed by atoms with Crippen molar-refractivity contribution in [3.8, 4) is 5.75 Å². The first-order chi connectivity index (χ1) is 14.7. The minimum atomic E-state index is -0.402. The largest absolute Gasteiger partial charge is 0.495 e. The lowest BCUT2D eigenvalue weighted by atomic mass is 10.2. The van der Waals surface area contributed by atoms with Crippen molar-refractivity contribution in [1.29, 1.82) is 0 Å². The van der Waals surface area contributed by atoms with E-state index in [9.17, 15) is 9.59 Å². The molecule has 0 N–H and O–H groups in total. The Morgan fingerprint density at radius 1 is 0.767 bits per heavy atom. The van der Waals surface area contributed by atoms with Crippen molar-refractivity contribution in [2.45, 2.75) is 0 Å². The topological polar surface area (TPSA) is 69.2 Å². The molecular formula is C22H27N5O3. The summed E-state index contributed by atoms with van der Waals surface area (Å²) in [5, 5.41) is 0. The maximum atomic E-state index is 12.8. The number of para-hydroxylation sites is 2. The molecule has 0 bridgehead atoms. The highest BCUT2D eigenvalue weighted by Gasteiger charge is 2.32. The summed E-state index contributed by atoms with van der Waals surface area (Å²) < 4.78 is 5.44. The van der Waals surface area contributed by atoms with E-state index in [0.29, 0.717) is 52.4 Å². The van der Waals surface area contributed by atoms with Crippen LogP contribution in [0.5, 0.6) is 5.75 Å². The highest BCUT2D eigenvalue weighted by atomic mass is 16.5. The Bertz CT molecular complexity index is 875. The first kappa shape index (κ1) is 20.0. The summed E-state index contributed by atoms with van der Waals surface area (Å²) in [4.78, 5) is 37.6. The molecule has 8 heteroatoms. The second-order valence-electron chi connectivity index (χ2n) is 7.42. The van der Waals surface area contributed by atoms with Crippen LogP contribution in [-0.4, -0.2) is 86.1 Å². The number of benzene rings is 1. The molecule has 3 heterocycles. The number of piperazine rings is 2. The van der Waals surface area contributed by atoms with Crippen molar-refractivity contribution in [1.82, 2.24) is 14.8 Å². The third kappa shape index (κ3) is 4.17. The van der Waals surface area contributed by atoms with Gasteiger partial charge in [0.15, 0.2) is 0 Å². The third-order valence-electron chi connectivity index (χ3n) is 5.72. The molecule has 2 fully saturated rings. The van der Waals surface area contributed by atoms with Crippen LogP contribution in [0.2, 0.25) is 0 Å².